The molecule has 1 fully saturated rings. The average Bonchev–Trinajstić information content (AvgIpc) is 3.36. The van der Waals surface area contributed by atoms with Gasteiger partial charge in [-0.25, -0.2) is 4.98 Å². The van der Waals surface area contributed by atoms with E-state index in [0.717, 1.165) is 46.8 Å². The van der Waals surface area contributed by atoms with Crippen LogP contribution in [-0.4, -0.2) is 42.5 Å². The van der Waals surface area contributed by atoms with Gasteiger partial charge in [-0.05, 0) is 57.3 Å². The molecule has 6 heteroatoms. The third-order valence-corrected chi connectivity index (χ3v) is 6.25. The molecule has 0 aliphatic heterocycles. The van der Waals surface area contributed by atoms with Gasteiger partial charge in [0.1, 0.15) is 10.8 Å². The number of hydrogen-bond acceptors (Lipinski definition) is 5. The molecule has 1 N–H and O–H groups in total. The molecule has 4 rings (SSSR count). The number of ether oxygens (including phenoxy) is 1. The van der Waals surface area contributed by atoms with Crippen molar-refractivity contribution >= 4 is 27.5 Å². The Kier molecular flexibility index (Phi) is 6.11. The Hall–Kier alpha value is -2.44. The number of para-hydroxylation sites is 1. The van der Waals surface area contributed by atoms with Crippen LogP contribution in [-0.2, 0) is 11.3 Å². The largest absolute Gasteiger partial charge is 0.483 e. The first-order valence-electron chi connectivity index (χ1n) is 10.1. The van der Waals surface area contributed by atoms with Crippen molar-refractivity contribution in [3.8, 4) is 16.3 Å². The van der Waals surface area contributed by atoms with Crippen molar-refractivity contribution in [3.63, 3.8) is 0 Å². The van der Waals surface area contributed by atoms with Gasteiger partial charge in [0, 0.05) is 23.7 Å². The first-order chi connectivity index (χ1) is 14.1. The van der Waals surface area contributed by atoms with Crippen molar-refractivity contribution in [1.29, 1.82) is 0 Å². The van der Waals surface area contributed by atoms with Crippen molar-refractivity contribution in [2.45, 2.75) is 38.3 Å². The van der Waals surface area contributed by atoms with E-state index >= 15 is 0 Å². The van der Waals surface area contributed by atoms with Crippen LogP contribution in [0.4, 0.5) is 0 Å². The number of fused-ring (bicyclic) bond motifs is 1. The van der Waals surface area contributed by atoms with Crippen LogP contribution < -0.4 is 10.1 Å². The van der Waals surface area contributed by atoms with Gasteiger partial charge < -0.3 is 15.0 Å². The maximum absolute atomic E-state index is 12.2. The summed E-state index contributed by atoms with van der Waals surface area (Å²) in [6.45, 7) is 0.787. The highest BCUT2D eigenvalue weighted by molar-refractivity contribution is 7.21. The molecule has 0 bridgehead atoms. The molecule has 0 spiro atoms. The van der Waals surface area contributed by atoms with Crippen LogP contribution in [0.25, 0.3) is 20.8 Å². The number of nitrogens with zero attached hydrogens (tertiary/aromatic N) is 2. The van der Waals surface area contributed by atoms with Gasteiger partial charge in [0.05, 0.1) is 10.2 Å². The van der Waals surface area contributed by atoms with Gasteiger partial charge in [-0.15, -0.1) is 11.3 Å². The van der Waals surface area contributed by atoms with E-state index in [1.165, 1.54) is 17.5 Å². The molecule has 0 saturated heterocycles. The third-order valence-electron chi connectivity index (χ3n) is 5.17. The fraction of sp³-hybridized carbons (Fsp3) is 0.391. The number of amides is 1. The SMILES string of the molecule is CN(C)Cc1cc(-c2nc3ccccc3s2)ccc1OCC(=O)NC1CCCC1. The zero-order chi connectivity index (χ0) is 20.2. The lowest BCUT2D eigenvalue weighted by atomic mass is 10.1. The summed E-state index contributed by atoms with van der Waals surface area (Å²) in [6.07, 6.45) is 4.56. The first kappa shape index (κ1) is 19.9. The van der Waals surface area contributed by atoms with Crippen LogP contribution in [0.1, 0.15) is 31.2 Å². The summed E-state index contributed by atoms with van der Waals surface area (Å²) in [4.78, 5) is 19.1. The van der Waals surface area contributed by atoms with E-state index in [1.54, 1.807) is 11.3 Å². The normalized spacial score (nSPS) is 14.6. The number of benzene rings is 2. The molecule has 0 unspecified atom stereocenters. The number of aromatic nitrogens is 1. The van der Waals surface area contributed by atoms with Crippen molar-refractivity contribution in [1.82, 2.24) is 15.2 Å². The van der Waals surface area contributed by atoms with Gasteiger partial charge in [-0.3, -0.25) is 4.79 Å². The number of rotatable bonds is 7. The minimum atomic E-state index is -0.0389. The summed E-state index contributed by atoms with van der Waals surface area (Å²) in [5.74, 6) is 0.716. The number of nitrogens with one attached hydrogen (secondary N) is 1. The number of carbonyl (C=O) groups excluding carboxylic acids is 1. The Morgan fingerprint density at radius 2 is 2.00 bits per heavy atom. The maximum Gasteiger partial charge on any atom is 0.258 e. The highest BCUT2D eigenvalue weighted by atomic mass is 32.1. The van der Waals surface area contributed by atoms with Gasteiger partial charge in [-0.2, -0.15) is 0 Å². The molecule has 152 valence electrons. The van der Waals surface area contributed by atoms with Gasteiger partial charge in [0.2, 0.25) is 0 Å². The molecule has 0 radical (unpaired) electrons. The monoisotopic (exact) mass is 409 g/mol. The van der Waals surface area contributed by atoms with Crippen LogP contribution in [0.3, 0.4) is 0 Å². The lowest BCUT2D eigenvalue weighted by molar-refractivity contribution is -0.123. The molecule has 1 amide bonds. The Labute approximate surface area is 175 Å². The highest BCUT2D eigenvalue weighted by Crippen LogP contribution is 2.33. The second-order valence-electron chi connectivity index (χ2n) is 7.88. The average molecular weight is 410 g/mol. The lowest BCUT2D eigenvalue weighted by Crippen LogP contribution is -2.36. The van der Waals surface area contributed by atoms with Crippen LogP contribution in [0.15, 0.2) is 42.5 Å². The minimum Gasteiger partial charge on any atom is -0.483 e. The maximum atomic E-state index is 12.2. The third kappa shape index (κ3) is 4.95. The molecule has 29 heavy (non-hydrogen) atoms. The highest BCUT2D eigenvalue weighted by Gasteiger charge is 2.18. The lowest BCUT2D eigenvalue weighted by Gasteiger charge is -2.17. The molecule has 1 aliphatic carbocycles. The summed E-state index contributed by atoms with van der Waals surface area (Å²) in [6, 6.07) is 14.6. The van der Waals surface area contributed by atoms with Crippen molar-refractivity contribution in [2.75, 3.05) is 20.7 Å². The quantitative estimate of drug-likeness (QED) is 0.626. The van der Waals surface area contributed by atoms with Gasteiger partial charge >= 0.3 is 0 Å². The second-order valence-corrected chi connectivity index (χ2v) is 8.92. The standard InChI is InChI=1S/C23H27N3O2S/c1-26(2)14-17-13-16(23-25-19-9-5-6-10-21(19)29-23)11-12-20(17)28-15-22(27)24-18-7-3-4-8-18/h5-6,9-13,18H,3-4,7-8,14-15H2,1-2H3,(H,24,27). The number of carbonyl (C=O) groups is 1. The van der Waals surface area contributed by atoms with E-state index in [2.05, 4.69) is 22.3 Å². The molecule has 1 aliphatic rings. The molecule has 0 atom stereocenters. The van der Waals surface area contributed by atoms with E-state index in [1.807, 2.05) is 44.4 Å². The molecule has 5 nitrogen and oxygen atoms in total. The minimum absolute atomic E-state index is 0.0389. The number of thiazole rings is 1. The van der Waals surface area contributed by atoms with Crippen LogP contribution in [0, 0.1) is 0 Å². The van der Waals surface area contributed by atoms with E-state index in [9.17, 15) is 4.79 Å². The Bertz CT molecular complexity index is 960. The van der Waals surface area contributed by atoms with Crippen LogP contribution in [0.2, 0.25) is 0 Å². The molecular formula is C23H27N3O2S. The summed E-state index contributed by atoms with van der Waals surface area (Å²) in [5, 5.41) is 4.08. The van der Waals surface area contributed by atoms with Crippen LogP contribution in [0.5, 0.6) is 5.75 Å². The zero-order valence-corrected chi connectivity index (χ0v) is 17.8. The molecule has 1 aromatic heterocycles. The number of hydrogen-bond donors (Lipinski definition) is 1. The van der Waals surface area contributed by atoms with Crippen molar-refractivity contribution in [2.24, 2.45) is 0 Å². The van der Waals surface area contributed by atoms with E-state index in [0.29, 0.717) is 6.04 Å². The van der Waals surface area contributed by atoms with E-state index < -0.39 is 0 Å². The fourth-order valence-electron chi connectivity index (χ4n) is 3.80. The van der Waals surface area contributed by atoms with Crippen molar-refractivity contribution < 1.29 is 9.53 Å². The predicted molar refractivity (Wildman–Crippen MR) is 118 cm³/mol. The molecular weight excluding hydrogens is 382 g/mol. The van der Waals surface area contributed by atoms with Gasteiger partial charge in [-0.1, -0.05) is 25.0 Å². The first-order valence-corrected chi connectivity index (χ1v) is 11.0. The molecule has 2 aromatic carbocycles. The van der Waals surface area contributed by atoms with E-state index in [4.69, 9.17) is 9.72 Å². The smallest absolute Gasteiger partial charge is 0.258 e. The molecule has 1 saturated carbocycles. The summed E-state index contributed by atoms with van der Waals surface area (Å²) in [7, 11) is 4.06. The summed E-state index contributed by atoms with van der Waals surface area (Å²) >= 11 is 1.69. The fourth-order valence-corrected chi connectivity index (χ4v) is 4.76. The van der Waals surface area contributed by atoms with Gasteiger partial charge in [0.25, 0.3) is 5.91 Å². The summed E-state index contributed by atoms with van der Waals surface area (Å²) < 4.78 is 7.09. The van der Waals surface area contributed by atoms with Crippen LogP contribution >= 0.6 is 11.3 Å². The Morgan fingerprint density at radius 3 is 2.76 bits per heavy atom. The molecule has 3 aromatic rings. The topological polar surface area (TPSA) is 54.5 Å². The summed E-state index contributed by atoms with van der Waals surface area (Å²) in [5.41, 5.74) is 3.15. The van der Waals surface area contributed by atoms with Gasteiger partial charge in [0.15, 0.2) is 6.61 Å². The Morgan fingerprint density at radius 1 is 1.21 bits per heavy atom. The second kappa shape index (κ2) is 8.93. The zero-order valence-electron chi connectivity index (χ0n) is 17.0. The predicted octanol–water partition coefficient (Wildman–Crippen LogP) is 4.46. The Balaban J connectivity index is 1.51. The van der Waals surface area contributed by atoms with Crippen molar-refractivity contribution in [3.05, 3.63) is 48.0 Å². The van der Waals surface area contributed by atoms with E-state index in [-0.39, 0.29) is 12.5 Å². The molecule has 1 heterocycles.